The highest BCUT2D eigenvalue weighted by Crippen LogP contribution is 2.36. The lowest BCUT2D eigenvalue weighted by Crippen LogP contribution is -2.06. The molecule has 1 heterocycles. The lowest BCUT2D eigenvalue weighted by Gasteiger charge is -2.04. The first-order valence-corrected chi connectivity index (χ1v) is 5.81. The monoisotopic (exact) mass is 287 g/mol. The second-order valence-electron chi connectivity index (χ2n) is 4.04. The summed E-state index contributed by atoms with van der Waals surface area (Å²) in [6.45, 7) is -1.09. The fraction of sp³-hybridized carbons (Fsp3) is 0.250. The molecule has 4 nitrogen and oxygen atoms in total. The van der Waals surface area contributed by atoms with Crippen LogP contribution in [0, 0.1) is 6.92 Å². The minimum absolute atomic E-state index is 0.0334. The van der Waals surface area contributed by atoms with Crippen molar-refractivity contribution in [3.05, 3.63) is 28.8 Å². The fourth-order valence-electron chi connectivity index (χ4n) is 1.67. The number of ether oxygens (including phenoxy) is 1. The van der Waals surface area contributed by atoms with Crippen molar-refractivity contribution in [3.63, 3.8) is 0 Å². The topological polar surface area (TPSA) is 53.1 Å². The van der Waals surface area contributed by atoms with E-state index in [-0.39, 0.29) is 10.9 Å². The first-order chi connectivity index (χ1) is 8.90. The van der Waals surface area contributed by atoms with Crippen LogP contribution >= 0.6 is 11.6 Å². The van der Waals surface area contributed by atoms with Crippen LogP contribution in [0.1, 0.15) is 5.56 Å². The Bertz CT molecular complexity index is 613. The maximum Gasteiger partial charge on any atom is 0.388 e. The number of nitrogen functional groups attached to an aromatic ring is 1. The van der Waals surface area contributed by atoms with Crippen LogP contribution in [0.3, 0.4) is 0 Å². The molecule has 7 heteroatoms. The van der Waals surface area contributed by atoms with Crippen LogP contribution in [-0.2, 0) is 7.05 Å². The number of hydrogen-bond donors (Lipinski definition) is 1. The summed E-state index contributed by atoms with van der Waals surface area (Å²) < 4.78 is 30.0. The van der Waals surface area contributed by atoms with Gasteiger partial charge in [-0.2, -0.15) is 13.9 Å². The molecule has 19 heavy (non-hydrogen) atoms. The predicted octanol–water partition coefficient (Wildman–Crippen LogP) is 3.23. The van der Waals surface area contributed by atoms with Crippen LogP contribution in [0.4, 0.5) is 14.5 Å². The quantitative estimate of drug-likeness (QED) is 0.882. The molecule has 1 aromatic heterocycles. The number of nitrogens with two attached hydrogens (primary N) is 1. The summed E-state index contributed by atoms with van der Waals surface area (Å²) in [6, 6.07) is 5.27. The Morgan fingerprint density at radius 1 is 1.42 bits per heavy atom. The third-order valence-corrected chi connectivity index (χ3v) is 3.03. The molecule has 0 saturated heterocycles. The third kappa shape index (κ3) is 2.63. The second kappa shape index (κ2) is 5.05. The molecule has 0 aliphatic rings. The molecule has 0 amide bonds. The summed E-state index contributed by atoms with van der Waals surface area (Å²) >= 11 is 6.02. The van der Waals surface area contributed by atoms with Crippen molar-refractivity contribution in [2.45, 2.75) is 13.5 Å². The molecule has 0 aliphatic carbocycles. The third-order valence-electron chi connectivity index (χ3n) is 2.69. The lowest BCUT2D eigenvalue weighted by molar-refractivity contribution is -0.0552. The number of aromatic nitrogens is 2. The molecule has 0 aliphatic heterocycles. The van der Waals surface area contributed by atoms with Gasteiger partial charge in [0.05, 0.1) is 0 Å². The van der Waals surface area contributed by atoms with Crippen molar-refractivity contribution in [2.75, 3.05) is 5.73 Å². The first kappa shape index (κ1) is 13.6. The van der Waals surface area contributed by atoms with Crippen molar-refractivity contribution in [2.24, 2.45) is 7.05 Å². The van der Waals surface area contributed by atoms with Crippen LogP contribution in [0.25, 0.3) is 11.3 Å². The standard InChI is InChI=1S/C12H12ClF2N3O/c1-6-3-4-7(5-8(6)16)10-9(13)11(18(2)17-10)19-12(14)15/h3-5,12H,16H2,1-2H3. The molecular weight excluding hydrogens is 276 g/mol. The first-order valence-electron chi connectivity index (χ1n) is 5.44. The van der Waals surface area contributed by atoms with Crippen molar-refractivity contribution in [3.8, 4) is 17.1 Å². The zero-order valence-electron chi connectivity index (χ0n) is 10.3. The van der Waals surface area contributed by atoms with Crippen molar-refractivity contribution < 1.29 is 13.5 Å². The van der Waals surface area contributed by atoms with Crippen LogP contribution in [0.2, 0.25) is 5.02 Å². The van der Waals surface area contributed by atoms with Crippen molar-refractivity contribution in [1.82, 2.24) is 9.78 Å². The van der Waals surface area contributed by atoms with Gasteiger partial charge in [0.1, 0.15) is 10.7 Å². The Morgan fingerprint density at radius 3 is 2.68 bits per heavy atom. The highest BCUT2D eigenvalue weighted by Gasteiger charge is 2.20. The minimum Gasteiger partial charge on any atom is -0.416 e. The van der Waals surface area contributed by atoms with E-state index >= 15 is 0 Å². The van der Waals surface area contributed by atoms with E-state index in [4.69, 9.17) is 17.3 Å². The molecule has 0 fully saturated rings. The van der Waals surface area contributed by atoms with Crippen LogP contribution in [0.15, 0.2) is 18.2 Å². The van der Waals surface area contributed by atoms with Crippen molar-refractivity contribution >= 4 is 17.3 Å². The number of aryl methyl sites for hydroxylation is 2. The van der Waals surface area contributed by atoms with E-state index in [0.717, 1.165) is 5.56 Å². The molecule has 2 rings (SSSR count). The molecule has 2 N–H and O–H groups in total. The minimum atomic E-state index is -2.95. The van der Waals surface area contributed by atoms with Gasteiger partial charge in [-0.15, -0.1) is 0 Å². The van der Waals surface area contributed by atoms with E-state index in [2.05, 4.69) is 9.84 Å². The van der Waals surface area contributed by atoms with E-state index < -0.39 is 6.61 Å². The van der Waals surface area contributed by atoms with Gasteiger partial charge in [0, 0.05) is 18.3 Å². The molecule has 0 radical (unpaired) electrons. The Labute approximate surface area is 113 Å². The van der Waals surface area contributed by atoms with Gasteiger partial charge in [0.2, 0.25) is 5.88 Å². The van der Waals surface area contributed by atoms with E-state index in [1.807, 2.05) is 13.0 Å². The number of alkyl halides is 2. The van der Waals surface area contributed by atoms with E-state index in [9.17, 15) is 8.78 Å². The Balaban J connectivity index is 2.48. The van der Waals surface area contributed by atoms with E-state index in [1.54, 1.807) is 12.1 Å². The average molecular weight is 288 g/mol. The summed E-state index contributed by atoms with van der Waals surface area (Å²) in [4.78, 5) is 0. The lowest BCUT2D eigenvalue weighted by atomic mass is 10.1. The fourth-order valence-corrected chi connectivity index (χ4v) is 1.98. The largest absolute Gasteiger partial charge is 0.416 e. The Kier molecular flexibility index (Phi) is 3.61. The van der Waals surface area contributed by atoms with E-state index in [0.29, 0.717) is 16.9 Å². The zero-order chi connectivity index (χ0) is 14.2. The number of anilines is 1. The predicted molar refractivity (Wildman–Crippen MR) is 69.4 cm³/mol. The van der Waals surface area contributed by atoms with Crippen LogP contribution < -0.4 is 10.5 Å². The number of nitrogens with zero attached hydrogens (tertiary/aromatic N) is 2. The number of rotatable bonds is 3. The summed E-state index contributed by atoms with van der Waals surface area (Å²) in [6.07, 6.45) is 0. The molecule has 2 aromatic rings. The summed E-state index contributed by atoms with van der Waals surface area (Å²) in [5, 5.41) is 4.11. The van der Waals surface area contributed by atoms with Gasteiger partial charge in [0.15, 0.2) is 0 Å². The highest BCUT2D eigenvalue weighted by atomic mass is 35.5. The van der Waals surface area contributed by atoms with Crippen molar-refractivity contribution in [1.29, 1.82) is 0 Å². The Hall–Kier alpha value is -1.82. The maximum atomic E-state index is 12.3. The second-order valence-corrected chi connectivity index (χ2v) is 4.42. The summed E-state index contributed by atoms with van der Waals surface area (Å²) in [7, 11) is 1.48. The summed E-state index contributed by atoms with van der Waals surface area (Å²) in [5.41, 5.74) is 8.30. The number of benzene rings is 1. The van der Waals surface area contributed by atoms with Gasteiger partial charge >= 0.3 is 6.61 Å². The average Bonchev–Trinajstić information content (AvgIpc) is 2.60. The molecule has 0 bridgehead atoms. The molecule has 0 spiro atoms. The SMILES string of the molecule is Cc1ccc(-c2nn(C)c(OC(F)F)c2Cl)cc1N. The Morgan fingerprint density at radius 2 is 2.11 bits per heavy atom. The molecule has 0 saturated carbocycles. The smallest absolute Gasteiger partial charge is 0.388 e. The molecular formula is C12H12ClF2N3O. The normalized spacial score (nSPS) is 11.1. The van der Waals surface area contributed by atoms with Gasteiger partial charge in [-0.05, 0) is 18.6 Å². The van der Waals surface area contributed by atoms with Crippen LogP contribution in [0.5, 0.6) is 5.88 Å². The van der Waals surface area contributed by atoms with E-state index in [1.165, 1.54) is 11.7 Å². The highest BCUT2D eigenvalue weighted by molar-refractivity contribution is 6.34. The number of halogens is 3. The molecule has 1 aromatic carbocycles. The van der Waals surface area contributed by atoms with Gasteiger partial charge in [-0.3, -0.25) is 0 Å². The van der Waals surface area contributed by atoms with Gasteiger partial charge in [0.25, 0.3) is 0 Å². The molecule has 0 unspecified atom stereocenters. The molecule has 102 valence electrons. The van der Waals surface area contributed by atoms with Gasteiger partial charge in [-0.1, -0.05) is 23.7 Å². The zero-order valence-corrected chi connectivity index (χ0v) is 11.1. The maximum absolute atomic E-state index is 12.3. The summed E-state index contributed by atoms with van der Waals surface area (Å²) in [5.74, 6) is -0.175. The number of hydrogen-bond acceptors (Lipinski definition) is 3. The van der Waals surface area contributed by atoms with Gasteiger partial charge in [-0.25, -0.2) is 4.68 Å². The van der Waals surface area contributed by atoms with Gasteiger partial charge < -0.3 is 10.5 Å². The van der Waals surface area contributed by atoms with Crippen LogP contribution in [-0.4, -0.2) is 16.4 Å². The molecule has 0 atom stereocenters.